The monoisotopic (exact) mass is 547 g/mol. The van der Waals surface area contributed by atoms with Crippen LogP contribution in [0, 0.1) is 0 Å². The molecule has 1 aliphatic heterocycles. The van der Waals surface area contributed by atoms with Gasteiger partial charge < -0.3 is 24.5 Å². The normalized spacial score (nSPS) is 17.2. The summed E-state index contributed by atoms with van der Waals surface area (Å²) in [6, 6.07) is 20.1. The molecule has 2 heterocycles. The fourth-order valence-corrected chi connectivity index (χ4v) is 5.43. The molecule has 8 nitrogen and oxygen atoms in total. The van der Waals surface area contributed by atoms with Gasteiger partial charge >= 0.3 is 5.97 Å². The first-order valence-corrected chi connectivity index (χ1v) is 13.0. The average Bonchev–Trinajstić information content (AvgIpc) is 3.53. The van der Waals surface area contributed by atoms with E-state index in [0.717, 1.165) is 27.6 Å². The van der Waals surface area contributed by atoms with Crippen molar-refractivity contribution in [3.05, 3.63) is 83.0 Å². The summed E-state index contributed by atoms with van der Waals surface area (Å²) in [6.07, 6.45) is 0.423. The Morgan fingerprint density at radius 3 is 2.38 bits per heavy atom. The van der Waals surface area contributed by atoms with Crippen LogP contribution in [0.5, 0.6) is 11.5 Å². The van der Waals surface area contributed by atoms with Crippen LogP contribution in [-0.4, -0.2) is 61.7 Å². The van der Waals surface area contributed by atoms with Crippen molar-refractivity contribution in [3.63, 3.8) is 0 Å². The molecule has 4 aromatic rings. The standard InChI is InChI=1S/C30H30ClN3O5/c1-37-22-11-18(12-23(15-22)38-2)16-34-17-21(14-26(34)30(36)39-3)32-29(35)28-27(19-7-5-4-6-8-19)24-13-20(31)9-10-25(24)33-28/h4-13,15,21,26,33H,14,16-17H2,1-3H3,(H,32,35)/t21-,26-/m0/s1. The first kappa shape index (κ1) is 26.6. The van der Waals surface area contributed by atoms with E-state index in [1.807, 2.05) is 59.5 Å². The summed E-state index contributed by atoms with van der Waals surface area (Å²) in [5.74, 6) is 0.734. The molecule has 9 heteroatoms. The van der Waals surface area contributed by atoms with Crippen molar-refractivity contribution in [1.82, 2.24) is 15.2 Å². The predicted octanol–water partition coefficient (Wildman–Crippen LogP) is 5.05. The highest BCUT2D eigenvalue weighted by Crippen LogP contribution is 2.34. The second kappa shape index (κ2) is 11.4. The third-order valence-corrected chi connectivity index (χ3v) is 7.29. The third-order valence-electron chi connectivity index (χ3n) is 7.06. The largest absolute Gasteiger partial charge is 0.497 e. The minimum Gasteiger partial charge on any atom is -0.497 e. The van der Waals surface area contributed by atoms with E-state index in [1.54, 1.807) is 26.4 Å². The number of esters is 1. The van der Waals surface area contributed by atoms with Crippen LogP contribution in [0.2, 0.25) is 5.02 Å². The molecule has 2 atom stereocenters. The lowest BCUT2D eigenvalue weighted by Gasteiger charge is -2.22. The van der Waals surface area contributed by atoms with Crippen molar-refractivity contribution in [2.75, 3.05) is 27.9 Å². The number of aromatic nitrogens is 1. The molecule has 2 N–H and O–H groups in total. The smallest absolute Gasteiger partial charge is 0.323 e. The SMILES string of the molecule is COC(=O)[C@@H]1C[C@H](NC(=O)c2[nH]c3ccc(Cl)cc3c2-c2ccccc2)CN1Cc1cc(OC)cc(OC)c1. The van der Waals surface area contributed by atoms with Gasteiger partial charge in [0.15, 0.2) is 0 Å². The molecule has 0 radical (unpaired) electrons. The van der Waals surface area contributed by atoms with Crippen molar-refractivity contribution < 1.29 is 23.8 Å². The molecule has 1 amide bonds. The number of amides is 1. The molecule has 39 heavy (non-hydrogen) atoms. The first-order valence-electron chi connectivity index (χ1n) is 12.6. The lowest BCUT2D eigenvalue weighted by molar-refractivity contribution is -0.146. The van der Waals surface area contributed by atoms with Crippen LogP contribution in [-0.2, 0) is 16.1 Å². The Hall–Kier alpha value is -4.01. The lowest BCUT2D eigenvalue weighted by Crippen LogP contribution is -2.38. The van der Waals surface area contributed by atoms with Gasteiger partial charge in [0.2, 0.25) is 0 Å². The molecular weight excluding hydrogens is 518 g/mol. The fraction of sp³-hybridized carbons (Fsp3) is 0.267. The Labute approximate surface area is 231 Å². The van der Waals surface area contributed by atoms with Gasteiger partial charge in [0.1, 0.15) is 23.2 Å². The summed E-state index contributed by atoms with van der Waals surface area (Å²) >= 11 is 6.31. The maximum atomic E-state index is 13.7. The number of benzene rings is 3. The molecule has 202 valence electrons. The Balaban J connectivity index is 1.41. The Morgan fingerprint density at radius 2 is 1.72 bits per heavy atom. The number of hydrogen-bond donors (Lipinski definition) is 2. The van der Waals surface area contributed by atoms with Crippen molar-refractivity contribution >= 4 is 34.4 Å². The molecule has 1 aliphatic rings. The number of nitrogens with zero attached hydrogens (tertiary/aromatic N) is 1. The quantitative estimate of drug-likeness (QED) is 0.300. The van der Waals surface area contributed by atoms with Crippen LogP contribution >= 0.6 is 11.6 Å². The number of ether oxygens (including phenoxy) is 3. The molecule has 1 aromatic heterocycles. The molecule has 1 saturated heterocycles. The van der Waals surface area contributed by atoms with E-state index in [4.69, 9.17) is 25.8 Å². The number of likely N-dealkylation sites (tertiary alicyclic amines) is 1. The molecule has 0 unspecified atom stereocenters. The van der Waals surface area contributed by atoms with Crippen LogP contribution in [0.3, 0.4) is 0 Å². The zero-order valence-corrected chi connectivity index (χ0v) is 22.7. The molecule has 1 fully saturated rings. The van der Waals surface area contributed by atoms with Gasteiger partial charge in [-0.1, -0.05) is 41.9 Å². The van der Waals surface area contributed by atoms with Gasteiger partial charge in [-0.3, -0.25) is 14.5 Å². The van der Waals surface area contributed by atoms with E-state index >= 15 is 0 Å². The number of nitrogens with one attached hydrogen (secondary N) is 2. The van der Waals surface area contributed by atoms with E-state index in [0.29, 0.717) is 41.7 Å². The van der Waals surface area contributed by atoms with Crippen molar-refractivity contribution in [3.8, 4) is 22.6 Å². The maximum Gasteiger partial charge on any atom is 0.323 e. The molecular formula is C30H30ClN3O5. The van der Waals surface area contributed by atoms with Gasteiger partial charge in [0, 0.05) is 46.7 Å². The van der Waals surface area contributed by atoms with E-state index in [2.05, 4.69) is 10.3 Å². The van der Waals surface area contributed by atoms with Crippen LogP contribution < -0.4 is 14.8 Å². The summed E-state index contributed by atoms with van der Waals surface area (Å²) in [5.41, 5.74) is 3.88. The van der Waals surface area contributed by atoms with Crippen molar-refractivity contribution in [2.45, 2.75) is 25.0 Å². The van der Waals surface area contributed by atoms with Gasteiger partial charge in [0.25, 0.3) is 5.91 Å². The number of hydrogen-bond acceptors (Lipinski definition) is 6. The number of aromatic amines is 1. The van der Waals surface area contributed by atoms with E-state index < -0.39 is 6.04 Å². The molecule has 0 aliphatic carbocycles. The van der Waals surface area contributed by atoms with E-state index in [9.17, 15) is 9.59 Å². The molecule has 0 bridgehead atoms. The number of carbonyl (C=O) groups excluding carboxylic acids is 2. The Kier molecular flexibility index (Phi) is 7.77. The topological polar surface area (TPSA) is 92.9 Å². The van der Waals surface area contributed by atoms with Gasteiger partial charge in [-0.15, -0.1) is 0 Å². The number of rotatable bonds is 8. The van der Waals surface area contributed by atoms with E-state index in [-0.39, 0.29) is 17.9 Å². The number of halogens is 1. The van der Waals surface area contributed by atoms with Gasteiger partial charge in [-0.2, -0.15) is 0 Å². The van der Waals surface area contributed by atoms with E-state index in [1.165, 1.54) is 7.11 Å². The first-order chi connectivity index (χ1) is 18.9. The van der Waals surface area contributed by atoms with Gasteiger partial charge in [-0.05, 0) is 47.9 Å². The number of carbonyl (C=O) groups is 2. The van der Waals surface area contributed by atoms with Gasteiger partial charge in [-0.25, -0.2) is 0 Å². The number of fused-ring (bicyclic) bond motifs is 1. The summed E-state index contributed by atoms with van der Waals surface area (Å²) < 4.78 is 15.9. The second-order valence-electron chi connectivity index (χ2n) is 9.53. The zero-order chi connectivity index (χ0) is 27.5. The second-order valence-corrected chi connectivity index (χ2v) is 9.96. The van der Waals surface area contributed by atoms with Crippen LogP contribution in [0.4, 0.5) is 0 Å². The van der Waals surface area contributed by atoms with Crippen LogP contribution in [0.25, 0.3) is 22.0 Å². The zero-order valence-electron chi connectivity index (χ0n) is 22.0. The molecule has 0 saturated carbocycles. The van der Waals surface area contributed by atoms with Gasteiger partial charge in [0.05, 0.1) is 21.3 Å². The van der Waals surface area contributed by atoms with Crippen LogP contribution in [0.15, 0.2) is 66.7 Å². The third kappa shape index (κ3) is 5.57. The summed E-state index contributed by atoms with van der Waals surface area (Å²) in [7, 11) is 4.57. The molecule has 0 spiro atoms. The van der Waals surface area contributed by atoms with Crippen molar-refractivity contribution in [1.29, 1.82) is 0 Å². The Morgan fingerprint density at radius 1 is 1.00 bits per heavy atom. The predicted molar refractivity (Wildman–Crippen MR) is 150 cm³/mol. The highest BCUT2D eigenvalue weighted by atomic mass is 35.5. The maximum absolute atomic E-state index is 13.7. The Bertz CT molecular complexity index is 1480. The summed E-state index contributed by atoms with van der Waals surface area (Å²) in [4.78, 5) is 31.7. The minimum absolute atomic E-state index is 0.250. The molecule has 5 rings (SSSR count). The summed E-state index contributed by atoms with van der Waals surface area (Å²) in [6.45, 7) is 0.928. The highest BCUT2D eigenvalue weighted by molar-refractivity contribution is 6.31. The number of methoxy groups -OCH3 is 3. The fourth-order valence-electron chi connectivity index (χ4n) is 5.25. The average molecular weight is 548 g/mol. The molecule has 3 aromatic carbocycles. The summed E-state index contributed by atoms with van der Waals surface area (Å²) in [5, 5.41) is 4.61. The lowest BCUT2D eigenvalue weighted by atomic mass is 10.0. The minimum atomic E-state index is -0.507. The number of H-pyrrole nitrogens is 1. The van der Waals surface area contributed by atoms with Crippen LogP contribution in [0.1, 0.15) is 22.5 Å². The van der Waals surface area contributed by atoms with Crippen molar-refractivity contribution in [2.24, 2.45) is 0 Å². The highest BCUT2D eigenvalue weighted by Gasteiger charge is 2.38.